The third kappa shape index (κ3) is 3.00. The number of carbonyl (C=O) groups excluding carboxylic acids is 1. The highest BCUT2D eigenvalue weighted by Crippen LogP contribution is 2.31. The van der Waals surface area contributed by atoms with Crippen molar-refractivity contribution in [2.75, 3.05) is 18.5 Å². The maximum atomic E-state index is 12.3. The van der Waals surface area contributed by atoms with Gasteiger partial charge in [0, 0.05) is 12.4 Å². The molecule has 0 spiro atoms. The van der Waals surface area contributed by atoms with Crippen molar-refractivity contribution in [2.45, 2.75) is 13.3 Å². The number of anilines is 1. The van der Waals surface area contributed by atoms with Gasteiger partial charge >= 0.3 is 0 Å². The molecule has 25 heavy (non-hydrogen) atoms. The number of fused-ring (bicyclic) bond motifs is 2. The van der Waals surface area contributed by atoms with Crippen molar-refractivity contribution >= 4 is 22.6 Å². The van der Waals surface area contributed by atoms with Crippen LogP contribution in [0.15, 0.2) is 30.5 Å². The minimum atomic E-state index is -0.112. The van der Waals surface area contributed by atoms with Crippen LogP contribution >= 0.6 is 0 Å². The van der Waals surface area contributed by atoms with Gasteiger partial charge in [-0.05, 0) is 30.7 Å². The molecule has 1 aromatic carbocycles. The van der Waals surface area contributed by atoms with Gasteiger partial charge in [0.15, 0.2) is 17.1 Å². The zero-order valence-electron chi connectivity index (χ0n) is 14.1. The molecule has 0 fully saturated rings. The lowest BCUT2D eigenvalue weighted by Crippen LogP contribution is -2.17. The first-order valence-electron chi connectivity index (χ1n) is 8.08. The average Bonchev–Trinajstić information content (AvgIpc) is 2.88. The normalized spacial score (nSPS) is 13.0. The quantitative estimate of drug-likeness (QED) is 0.792. The fourth-order valence-corrected chi connectivity index (χ4v) is 2.96. The first-order valence-corrected chi connectivity index (χ1v) is 8.08. The van der Waals surface area contributed by atoms with Crippen LogP contribution in [0.5, 0.6) is 11.5 Å². The van der Waals surface area contributed by atoms with E-state index in [2.05, 4.69) is 15.4 Å². The molecule has 1 aliphatic rings. The molecule has 128 valence electrons. The van der Waals surface area contributed by atoms with Crippen LogP contribution in [0, 0.1) is 6.92 Å². The zero-order chi connectivity index (χ0) is 17.4. The smallest absolute Gasteiger partial charge is 0.228 e. The van der Waals surface area contributed by atoms with E-state index in [-0.39, 0.29) is 12.3 Å². The van der Waals surface area contributed by atoms with Crippen molar-refractivity contribution in [3.8, 4) is 11.5 Å². The summed E-state index contributed by atoms with van der Waals surface area (Å²) in [5.74, 6) is 1.29. The summed E-state index contributed by atoms with van der Waals surface area (Å²) in [5, 5.41) is 8.15. The number of carbonyl (C=O) groups is 1. The van der Waals surface area contributed by atoms with Crippen LogP contribution in [0.2, 0.25) is 0 Å². The molecular weight excluding hydrogens is 320 g/mol. The molecule has 0 atom stereocenters. The van der Waals surface area contributed by atoms with Gasteiger partial charge in [0.25, 0.3) is 0 Å². The Balaban J connectivity index is 1.49. The largest absolute Gasteiger partial charge is 0.486 e. The monoisotopic (exact) mass is 338 g/mol. The molecule has 0 bridgehead atoms. The van der Waals surface area contributed by atoms with Gasteiger partial charge in [-0.3, -0.25) is 9.48 Å². The van der Waals surface area contributed by atoms with Gasteiger partial charge in [0.1, 0.15) is 13.2 Å². The predicted octanol–water partition coefficient (Wildman–Crippen LogP) is 2.23. The summed E-state index contributed by atoms with van der Waals surface area (Å²) < 4.78 is 12.8. The highest BCUT2D eigenvalue weighted by molar-refractivity contribution is 5.94. The van der Waals surface area contributed by atoms with Crippen LogP contribution in [0.25, 0.3) is 11.0 Å². The first-order chi connectivity index (χ1) is 12.1. The molecule has 7 nitrogen and oxygen atoms in total. The van der Waals surface area contributed by atoms with Crippen LogP contribution in [0.3, 0.4) is 0 Å². The molecule has 0 saturated heterocycles. The van der Waals surface area contributed by atoms with Gasteiger partial charge in [0.2, 0.25) is 5.91 Å². The van der Waals surface area contributed by atoms with Crippen LogP contribution in [0.1, 0.15) is 11.3 Å². The number of benzene rings is 1. The van der Waals surface area contributed by atoms with Crippen molar-refractivity contribution in [1.29, 1.82) is 0 Å². The molecule has 0 radical (unpaired) electrons. The SMILES string of the molecule is Cc1nn(C)c2ncc(NC(=O)Cc3ccc4c(c3)OCCO4)cc12. The van der Waals surface area contributed by atoms with Crippen molar-refractivity contribution in [3.63, 3.8) is 0 Å². The molecule has 3 aromatic rings. The summed E-state index contributed by atoms with van der Waals surface area (Å²) in [6, 6.07) is 7.46. The van der Waals surface area contributed by atoms with Crippen LogP contribution in [0.4, 0.5) is 5.69 Å². The Labute approximate surface area is 144 Å². The molecule has 0 saturated carbocycles. The third-order valence-electron chi connectivity index (χ3n) is 4.12. The summed E-state index contributed by atoms with van der Waals surface area (Å²) in [6.07, 6.45) is 1.89. The lowest BCUT2D eigenvalue weighted by Gasteiger charge is -2.18. The second-order valence-electron chi connectivity index (χ2n) is 6.01. The molecule has 4 rings (SSSR count). The summed E-state index contributed by atoms with van der Waals surface area (Å²) in [6.45, 7) is 3.00. The zero-order valence-corrected chi connectivity index (χ0v) is 14.1. The van der Waals surface area contributed by atoms with Crippen LogP contribution in [-0.4, -0.2) is 33.9 Å². The van der Waals surface area contributed by atoms with Crippen molar-refractivity contribution in [2.24, 2.45) is 7.05 Å². The van der Waals surface area contributed by atoms with Gasteiger partial charge in [-0.25, -0.2) is 4.98 Å². The molecular formula is C18H18N4O3. The number of nitrogens with zero attached hydrogens (tertiary/aromatic N) is 3. The van der Waals surface area contributed by atoms with E-state index >= 15 is 0 Å². The van der Waals surface area contributed by atoms with E-state index in [1.54, 1.807) is 10.9 Å². The first kappa shape index (κ1) is 15.4. The van der Waals surface area contributed by atoms with Crippen molar-refractivity contribution in [1.82, 2.24) is 14.8 Å². The second-order valence-corrected chi connectivity index (χ2v) is 6.01. The number of hydrogen-bond acceptors (Lipinski definition) is 5. The molecule has 2 aromatic heterocycles. The van der Waals surface area contributed by atoms with Gasteiger partial charge < -0.3 is 14.8 Å². The molecule has 0 aliphatic carbocycles. The van der Waals surface area contributed by atoms with Crippen molar-refractivity contribution < 1.29 is 14.3 Å². The minimum absolute atomic E-state index is 0.112. The molecule has 1 amide bonds. The maximum absolute atomic E-state index is 12.3. The maximum Gasteiger partial charge on any atom is 0.228 e. The topological polar surface area (TPSA) is 78.3 Å². The van der Waals surface area contributed by atoms with E-state index in [9.17, 15) is 4.79 Å². The van der Waals surface area contributed by atoms with Crippen molar-refractivity contribution in [3.05, 3.63) is 41.7 Å². The second kappa shape index (κ2) is 6.08. The van der Waals surface area contributed by atoms with E-state index in [4.69, 9.17) is 9.47 Å². The number of amides is 1. The number of pyridine rings is 1. The fourth-order valence-electron chi connectivity index (χ4n) is 2.96. The standard InChI is InChI=1S/C18H18N4O3/c1-11-14-9-13(10-19-18(14)22(2)21-11)20-17(23)8-12-3-4-15-16(7-12)25-6-5-24-15/h3-4,7,9-10H,5-6,8H2,1-2H3,(H,20,23). The summed E-state index contributed by atoms with van der Waals surface area (Å²) in [4.78, 5) is 16.7. The Morgan fingerprint density at radius 2 is 2.04 bits per heavy atom. The number of rotatable bonds is 3. The van der Waals surface area contributed by atoms with Gasteiger partial charge in [-0.1, -0.05) is 6.07 Å². The van der Waals surface area contributed by atoms with Gasteiger partial charge in [-0.2, -0.15) is 5.10 Å². The Kier molecular flexibility index (Phi) is 3.76. The Bertz CT molecular complexity index is 964. The summed E-state index contributed by atoms with van der Waals surface area (Å²) in [7, 11) is 1.85. The van der Waals surface area contributed by atoms with E-state index in [1.807, 2.05) is 38.2 Å². The molecule has 1 aliphatic heterocycles. The number of ether oxygens (including phenoxy) is 2. The van der Waals surface area contributed by atoms with E-state index in [0.29, 0.717) is 24.7 Å². The molecule has 0 unspecified atom stereocenters. The highest BCUT2D eigenvalue weighted by Gasteiger charge is 2.14. The predicted molar refractivity (Wildman–Crippen MR) is 93.0 cm³/mol. The van der Waals surface area contributed by atoms with E-state index in [0.717, 1.165) is 28.0 Å². The Morgan fingerprint density at radius 3 is 2.88 bits per heavy atom. The number of hydrogen-bond donors (Lipinski definition) is 1. The summed E-state index contributed by atoms with van der Waals surface area (Å²) in [5.41, 5.74) is 3.20. The molecule has 3 heterocycles. The average molecular weight is 338 g/mol. The van der Waals surface area contributed by atoms with Crippen LogP contribution in [-0.2, 0) is 18.3 Å². The lowest BCUT2D eigenvalue weighted by molar-refractivity contribution is -0.115. The summed E-state index contributed by atoms with van der Waals surface area (Å²) >= 11 is 0. The Morgan fingerprint density at radius 1 is 1.24 bits per heavy atom. The highest BCUT2D eigenvalue weighted by atomic mass is 16.6. The van der Waals surface area contributed by atoms with E-state index < -0.39 is 0 Å². The number of nitrogens with one attached hydrogen (secondary N) is 1. The third-order valence-corrected chi connectivity index (χ3v) is 4.12. The lowest BCUT2D eigenvalue weighted by atomic mass is 10.1. The number of aryl methyl sites for hydroxylation is 2. The molecule has 1 N–H and O–H groups in total. The van der Waals surface area contributed by atoms with Crippen LogP contribution < -0.4 is 14.8 Å². The molecule has 7 heteroatoms. The minimum Gasteiger partial charge on any atom is -0.486 e. The number of aromatic nitrogens is 3. The van der Waals surface area contributed by atoms with E-state index in [1.165, 1.54) is 0 Å². The van der Waals surface area contributed by atoms with Gasteiger partial charge in [0.05, 0.1) is 24.0 Å². The fraction of sp³-hybridized carbons (Fsp3) is 0.278. The van der Waals surface area contributed by atoms with Gasteiger partial charge in [-0.15, -0.1) is 0 Å². The Hall–Kier alpha value is -3.09.